The van der Waals surface area contributed by atoms with Crippen LogP contribution in [0.25, 0.3) is 6.08 Å². The van der Waals surface area contributed by atoms with Gasteiger partial charge in [-0.3, -0.25) is 9.69 Å². The van der Waals surface area contributed by atoms with Crippen LogP contribution in [0.4, 0.5) is 0 Å². The molecular formula is C16H12BrNO2S2. The summed E-state index contributed by atoms with van der Waals surface area (Å²) < 4.78 is 6.91. The maximum Gasteiger partial charge on any atom is 0.266 e. The van der Waals surface area contributed by atoms with Crippen LogP contribution in [0.15, 0.2) is 40.2 Å². The van der Waals surface area contributed by atoms with E-state index in [1.54, 1.807) is 18.2 Å². The number of rotatable bonds is 5. The zero-order valence-electron chi connectivity index (χ0n) is 11.5. The number of carbonyl (C=O) groups excluding carboxylic acids is 1. The van der Waals surface area contributed by atoms with E-state index in [2.05, 4.69) is 28.4 Å². The highest BCUT2D eigenvalue weighted by molar-refractivity contribution is 9.10. The van der Waals surface area contributed by atoms with Crippen molar-refractivity contribution in [3.05, 3.63) is 45.8 Å². The molecule has 0 aliphatic carbocycles. The first kappa shape index (κ1) is 16.8. The van der Waals surface area contributed by atoms with E-state index in [0.717, 1.165) is 10.0 Å². The van der Waals surface area contributed by atoms with Gasteiger partial charge in [-0.2, -0.15) is 0 Å². The molecule has 6 heteroatoms. The van der Waals surface area contributed by atoms with Gasteiger partial charge in [0.25, 0.3) is 5.91 Å². The lowest BCUT2D eigenvalue weighted by atomic mass is 10.2. The number of benzene rings is 1. The molecule has 1 aromatic rings. The van der Waals surface area contributed by atoms with Crippen LogP contribution in [0.3, 0.4) is 0 Å². The van der Waals surface area contributed by atoms with Gasteiger partial charge in [-0.05, 0) is 24.3 Å². The zero-order valence-corrected chi connectivity index (χ0v) is 14.8. The first-order valence-electron chi connectivity index (χ1n) is 6.29. The number of thiocarbonyl (C=S) groups is 1. The van der Waals surface area contributed by atoms with Gasteiger partial charge in [0.1, 0.15) is 16.7 Å². The second kappa shape index (κ2) is 7.63. The van der Waals surface area contributed by atoms with Crippen molar-refractivity contribution in [2.75, 3.05) is 13.2 Å². The summed E-state index contributed by atoms with van der Waals surface area (Å²) in [4.78, 5) is 14.4. The monoisotopic (exact) mass is 393 g/mol. The molecule has 1 amide bonds. The van der Waals surface area contributed by atoms with Crippen molar-refractivity contribution in [2.24, 2.45) is 0 Å². The summed E-state index contributed by atoms with van der Waals surface area (Å²) in [6.45, 7) is 4.20. The third kappa shape index (κ3) is 3.80. The largest absolute Gasteiger partial charge is 0.480 e. The van der Waals surface area contributed by atoms with Crippen molar-refractivity contribution in [2.45, 2.75) is 0 Å². The standard InChI is InChI=1S/C16H12BrNO2S2/c1-3-7-18-15(19)14(22-16(18)21)10-11-9-12(17)5-6-13(11)20-8-4-2/h2-3,5-6,9-10H,1,7-8H2/b14-10-. The minimum Gasteiger partial charge on any atom is -0.480 e. The zero-order chi connectivity index (χ0) is 16.1. The lowest BCUT2D eigenvalue weighted by molar-refractivity contribution is -0.121. The molecule has 0 aromatic heterocycles. The molecule has 1 aliphatic rings. The minimum atomic E-state index is -0.127. The van der Waals surface area contributed by atoms with Gasteiger partial charge < -0.3 is 4.74 Å². The molecule has 1 heterocycles. The molecule has 1 aliphatic heterocycles. The van der Waals surface area contributed by atoms with Crippen LogP contribution in [-0.4, -0.2) is 28.3 Å². The molecule has 1 saturated heterocycles. The fraction of sp³-hybridized carbons (Fsp3) is 0.125. The Morgan fingerprint density at radius 2 is 2.32 bits per heavy atom. The number of halogens is 1. The van der Waals surface area contributed by atoms with E-state index in [1.807, 2.05) is 12.1 Å². The molecule has 0 N–H and O–H groups in total. The summed E-state index contributed by atoms with van der Waals surface area (Å²) >= 11 is 9.89. The van der Waals surface area contributed by atoms with Crippen molar-refractivity contribution >= 4 is 56.2 Å². The third-order valence-electron chi connectivity index (χ3n) is 2.75. The van der Waals surface area contributed by atoms with Crippen LogP contribution in [0.1, 0.15) is 5.56 Å². The predicted octanol–water partition coefficient (Wildman–Crippen LogP) is 3.85. The quantitative estimate of drug-likeness (QED) is 0.329. The van der Waals surface area contributed by atoms with Gasteiger partial charge in [-0.25, -0.2) is 0 Å². The van der Waals surface area contributed by atoms with Gasteiger partial charge in [0.05, 0.1) is 4.91 Å². The number of hydrogen-bond donors (Lipinski definition) is 0. The first-order valence-corrected chi connectivity index (χ1v) is 8.30. The van der Waals surface area contributed by atoms with Crippen molar-refractivity contribution in [1.82, 2.24) is 4.90 Å². The van der Waals surface area contributed by atoms with E-state index in [4.69, 9.17) is 23.4 Å². The molecule has 1 aromatic carbocycles. The maximum atomic E-state index is 12.3. The normalized spacial score (nSPS) is 16.0. The van der Waals surface area contributed by atoms with E-state index >= 15 is 0 Å². The molecule has 22 heavy (non-hydrogen) atoms. The van der Waals surface area contributed by atoms with Gasteiger partial charge >= 0.3 is 0 Å². The maximum absolute atomic E-state index is 12.3. The second-order valence-electron chi connectivity index (χ2n) is 4.26. The molecular weight excluding hydrogens is 382 g/mol. The highest BCUT2D eigenvalue weighted by Crippen LogP contribution is 2.34. The number of hydrogen-bond acceptors (Lipinski definition) is 4. The highest BCUT2D eigenvalue weighted by atomic mass is 79.9. The van der Waals surface area contributed by atoms with Gasteiger partial charge in [0.2, 0.25) is 0 Å². The molecule has 0 radical (unpaired) electrons. The smallest absolute Gasteiger partial charge is 0.266 e. The summed E-state index contributed by atoms with van der Waals surface area (Å²) in [7, 11) is 0. The second-order valence-corrected chi connectivity index (χ2v) is 6.85. The number of amides is 1. The predicted molar refractivity (Wildman–Crippen MR) is 98.5 cm³/mol. The Balaban J connectivity index is 2.35. The number of thioether (sulfide) groups is 1. The first-order chi connectivity index (χ1) is 10.6. The van der Waals surface area contributed by atoms with Crippen molar-refractivity contribution in [3.8, 4) is 18.1 Å². The summed E-state index contributed by atoms with van der Waals surface area (Å²) in [5, 5.41) is 0. The van der Waals surface area contributed by atoms with Crippen LogP contribution in [0.2, 0.25) is 0 Å². The van der Waals surface area contributed by atoms with E-state index < -0.39 is 0 Å². The highest BCUT2D eigenvalue weighted by Gasteiger charge is 2.31. The summed E-state index contributed by atoms with van der Waals surface area (Å²) in [6, 6.07) is 5.52. The molecule has 0 atom stereocenters. The number of terminal acetylenes is 1. The van der Waals surface area contributed by atoms with Crippen molar-refractivity contribution in [1.29, 1.82) is 0 Å². The minimum absolute atomic E-state index is 0.127. The Morgan fingerprint density at radius 3 is 3.00 bits per heavy atom. The topological polar surface area (TPSA) is 29.5 Å². The third-order valence-corrected chi connectivity index (χ3v) is 4.63. The van der Waals surface area contributed by atoms with E-state index in [-0.39, 0.29) is 12.5 Å². The summed E-state index contributed by atoms with van der Waals surface area (Å²) in [5.74, 6) is 2.92. The summed E-state index contributed by atoms with van der Waals surface area (Å²) in [6.07, 6.45) is 8.63. The van der Waals surface area contributed by atoms with Crippen LogP contribution in [0, 0.1) is 12.3 Å². The van der Waals surface area contributed by atoms with Gasteiger partial charge in [-0.1, -0.05) is 51.9 Å². The van der Waals surface area contributed by atoms with Crippen molar-refractivity contribution in [3.63, 3.8) is 0 Å². The molecule has 0 bridgehead atoms. The Labute approximate surface area is 147 Å². The Hall–Kier alpha value is -1.55. The lowest BCUT2D eigenvalue weighted by Crippen LogP contribution is -2.27. The summed E-state index contributed by atoms with van der Waals surface area (Å²) in [5.41, 5.74) is 0.767. The molecule has 3 nitrogen and oxygen atoms in total. The number of ether oxygens (including phenoxy) is 1. The Bertz CT molecular complexity index is 707. The van der Waals surface area contributed by atoms with Crippen LogP contribution < -0.4 is 4.74 Å². The van der Waals surface area contributed by atoms with E-state index in [0.29, 0.717) is 21.5 Å². The number of nitrogens with zero attached hydrogens (tertiary/aromatic N) is 1. The fourth-order valence-electron chi connectivity index (χ4n) is 1.81. The average Bonchev–Trinajstić information content (AvgIpc) is 2.74. The Kier molecular flexibility index (Phi) is 5.83. The Morgan fingerprint density at radius 1 is 1.55 bits per heavy atom. The van der Waals surface area contributed by atoms with Gasteiger partial charge in [0, 0.05) is 16.6 Å². The van der Waals surface area contributed by atoms with Crippen LogP contribution in [0.5, 0.6) is 5.75 Å². The van der Waals surface area contributed by atoms with Gasteiger partial charge in [-0.15, -0.1) is 13.0 Å². The molecule has 0 saturated carbocycles. The molecule has 112 valence electrons. The fourth-order valence-corrected chi connectivity index (χ4v) is 3.46. The van der Waals surface area contributed by atoms with Gasteiger partial charge in [0.15, 0.2) is 0 Å². The molecule has 1 fully saturated rings. The van der Waals surface area contributed by atoms with E-state index in [9.17, 15) is 4.79 Å². The van der Waals surface area contributed by atoms with Crippen molar-refractivity contribution < 1.29 is 9.53 Å². The lowest BCUT2D eigenvalue weighted by Gasteiger charge is -2.10. The SMILES string of the molecule is C#CCOc1ccc(Br)cc1/C=C1\SC(=S)N(CC=C)C1=O. The van der Waals surface area contributed by atoms with Crippen LogP contribution in [-0.2, 0) is 4.79 Å². The molecule has 2 rings (SSSR count). The van der Waals surface area contributed by atoms with E-state index in [1.165, 1.54) is 16.7 Å². The molecule has 0 spiro atoms. The van der Waals surface area contributed by atoms with Crippen LogP contribution >= 0.6 is 39.9 Å². The molecule has 0 unspecified atom stereocenters. The average molecular weight is 394 g/mol. The number of carbonyl (C=O) groups is 1.